The summed E-state index contributed by atoms with van der Waals surface area (Å²) in [4.78, 5) is 45.4. The van der Waals surface area contributed by atoms with Crippen LogP contribution in [0.25, 0.3) is 0 Å². The smallest absolute Gasteiger partial charge is 0.335 e. The second-order valence-electron chi connectivity index (χ2n) is 10.5. The third-order valence-electron chi connectivity index (χ3n) is 6.94. The highest BCUT2D eigenvalue weighted by Crippen LogP contribution is 2.29. The van der Waals surface area contributed by atoms with Gasteiger partial charge in [-0.2, -0.15) is 0 Å². The van der Waals surface area contributed by atoms with Crippen LogP contribution in [0.2, 0.25) is 0 Å². The molecule has 6 aromatic carbocycles. The summed E-state index contributed by atoms with van der Waals surface area (Å²) < 4.78 is 6.46. The first-order chi connectivity index (χ1) is 24.4. The van der Waals surface area contributed by atoms with Crippen LogP contribution in [0.3, 0.4) is 0 Å². The molecule has 0 heterocycles. The van der Waals surface area contributed by atoms with Crippen LogP contribution in [0, 0.1) is 0 Å². The Bertz CT molecular complexity index is 2130. The van der Waals surface area contributed by atoms with Crippen molar-refractivity contribution in [2.45, 2.75) is 0 Å². The quantitative estimate of drug-likeness (QED) is 0.0947. The maximum atomic E-state index is 12.4. The number of carbonyl (C=O) groups excluding carboxylic acids is 2. The molecule has 0 saturated carbocycles. The van der Waals surface area contributed by atoms with Gasteiger partial charge in [0.2, 0.25) is 0 Å². The number of carboxylic acid groups (broad SMARTS) is 2. The molecule has 0 aliphatic heterocycles. The maximum absolute atomic E-state index is 12.4. The Kier molecular flexibility index (Phi) is 12.8. The second-order valence-corrected chi connectivity index (χ2v) is 11.4. The summed E-state index contributed by atoms with van der Waals surface area (Å²) in [5.41, 5.74) is 1.81. The van der Waals surface area contributed by atoms with Crippen LogP contribution < -0.4 is 4.74 Å². The lowest BCUT2D eigenvalue weighted by Crippen LogP contribution is -2.01. The lowest BCUT2D eigenvalue weighted by atomic mass is 10.0. The fourth-order valence-electron chi connectivity index (χ4n) is 4.36. The van der Waals surface area contributed by atoms with Crippen molar-refractivity contribution >= 4 is 39.4 Å². The van der Waals surface area contributed by atoms with Gasteiger partial charge in [-0.05, 0) is 72.8 Å². The number of aromatic hydroxyl groups is 3. The minimum Gasteiger partial charge on any atom is -0.508 e. The molecule has 0 aromatic heterocycles. The monoisotopic (exact) mass is 748 g/mol. The zero-order valence-electron chi connectivity index (χ0n) is 26.5. The molecule has 0 radical (unpaired) electrons. The first-order valence-electron chi connectivity index (χ1n) is 15.0. The molecule has 0 fully saturated rings. The topological polar surface area (TPSA) is 179 Å². The van der Waals surface area contributed by atoms with Crippen LogP contribution in [-0.2, 0) is 0 Å². The standard InChI is InChI=1S/C20H14O5.C13H10O3.C7H5BrO2/c21-18-12-16(25-15-8-6-14(7-9-15)20(23)24)10-11-17(18)19(22)13-4-2-1-3-5-13;14-10-6-7-11(12(15)8-10)13(16)9-4-2-1-3-5-9;8-6-3-1-5(2-4-6)7(9)10/h1-12,21H,(H,23,24);1-8,14-15H;1-4H,(H,9,10). The van der Waals surface area contributed by atoms with Gasteiger partial charge in [0.15, 0.2) is 11.6 Å². The van der Waals surface area contributed by atoms with E-state index in [1.54, 1.807) is 78.9 Å². The van der Waals surface area contributed by atoms with Gasteiger partial charge in [0.05, 0.1) is 22.3 Å². The fraction of sp³-hybridized carbons (Fsp3) is 0. The molecular weight excluding hydrogens is 720 g/mol. The van der Waals surface area contributed by atoms with E-state index in [0.29, 0.717) is 28.2 Å². The molecule has 0 spiro atoms. The third kappa shape index (κ3) is 10.6. The summed E-state index contributed by atoms with van der Waals surface area (Å²) in [6.07, 6.45) is 0. The van der Waals surface area contributed by atoms with Gasteiger partial charge in [-0.25, -0.2) is 9.59 Å². The molecule has 0 aliphatic rings. The number of hydrogen-bond donors (Lipinski definition) is 5. The SMILES string of the molecule is O=C(O)c1ccc(Br)cc1.O=C(O)c1ccc(Oc2ccc(C(=O)c3ccccc3)c(O)c2)cc1.O=C(c1ccccc1)c1ccc(O)cc1O. The zero-order valence-corrected chi connectivity index (χ0v) is 28.1. The average molecular weight is 750 g/mol. The number of ketones is 2. The largest absolute Gasteiger partial charge is 0.508 e. The first kappa shape index (κ1) is 37.1. The van der Waals surface area contributed by atoms with Crippen molar-refractivity contribution in [3.05, 3.63) is 183 Å². The van der Waals surface area contributed by atoms with E-state index in [2.05, 4.69) is 15.9 Å². The Hall–Kier alpha value is -6.72. The molecule has 0 saturated heterocycles. The molecule has 6 aromatic rings. The number of carboxylic acids is 2. The van der Waals surface area contributed by atoms with E-state index in [4.69, 9.17) is 20.1 Å². The third-order valence-corrected chi connectivity index (χ3v) is 7.47. The predicted octanol–water partition coefficient (Wildman–Crippen LogP) is 8.59. The lowest BCUT2D eigenvalue weighted by Gasteiger charge is -2.09. The van der Waals surface area contributed by atoms with Gasteiger partial charge in [-0.1, -0.05) is 76.6 Å². The van der Waals surface area contributed by atoms with Crippen molar-refractivity contribution in [3.63, 3.8) is 0 Å². The lowest BCUT2D eigenvalue weighted by molar-refractivity contribution is 0.0686. The van der Waals surface area contributed by atoms with Gasteiger partial charge in [-0.3, -0.25) is 9.59 Å². The average Bonchev–Trinajstić information content (AvgIpc) is 3.13. The van der Waals surface area contributed by atoms with Crippen LogP contribution >= 0.6 is 15.9 Å². The molecule has 11 heteroatoms. The van der Waals surface area contributed by atoms with Gasteiger partial charge < -0.3 is 30.3 Å². The summed E-state index contributed by atoms with van der Waals surface area (Å²) in [6, 6.07) is 38.0. The number of phenolic OH excluding ortho intramolecular Hbond substituents is 3. The number of carbonyl (C=O) groups is 4. The minimum absolute atomic E-state index is 0.0675. The highest BCUT2D eigenvalue weighted by atomic mass is 79.9. The Morgan fingerprint density at radius 3 is 1.29 bits per heavy atom. The Labute approximate surface area is 300 Å². The van der Waals surface area contributed by atoms with E-state index in [-0.39, 0.29) is 45.5 Å². The second kappa shape index (κ2) is 17.6. The molecule has 51 heavy (non-hydrogen) atoms. The minimum atomic E-state index is -1.02. The van der Waals surface area contributed by atoms with Gasteiger partial charge in [0.25, 0.3) is 0 Å². The molecule has 256 valence electrons. The van der Waals surface area contributed by atoms with Crippen molar-refractivity contribution in [2.24, 2.45) is 0 Å². The zero-order chi connectivity index (χ0) is 36.9. The van der Waals surface area contributed by atoms with Crippen molar-refractivity contribution in [3.8, 4) is 28.7 Å². The van der Waals surface area contributed by atoms with E-state index in [9.17, 15) is 29.4 Å². The van der Waals surface area contributed by atoms with E-state index >= 15 is 0 Å². The van der Waals surface area contributed by atoms with Gasteiger partial charge in [0, 0.05) is 27.7 Å². The van der Waals surface area contributed by atoms with Gasteiger partial charge >= 0.3 is 11.9 Å². The van der Waals surface area contributed by atoms with Crippen LogP contribution in [0.1, 0.15) is 52.6 Å². The van der Waals surface area contributed by atoms with E-state index in [0.717, 1.165) is 10.5 Å². The Morgan fingerprint density at radius 2 is 0.863 bits per heavy atom. The maximum Gasteiger partial charge on any atom is 0.335 e. The van der Waals surface area contributed by atoms with E-state index in [1.807, 2.05) is 12.1 Å². The molecule has 10 nitrogen and oxygen atoms in total. The Morgan fingerprint density at radius 1 is 0.451 bits per heavy atom. The summed E-state index contributed by atoms with van der Waals surface area (Å²) >= 11 is 3.20. The molecule has 0 bridgehead atoms. The highest BCUT2D eigenvalue weighted by Gasteiger charge is 2.15. The van der Waals surface area contributed by atoms with Crippen molar-refractivity contribution in [2.75, 3.05) is 0 Å². The number of phenols is 3. The van der Waals surface area contributed by atoms with Crippen LogP contribution in [0.5, 0.6) is 28.7 Å². The number of rotatable bonds is 8. The van der Waals surface area contributed by atoms with E-state index < -0.39 is 11.9 Å². The molecule has 0 unspecified atom stereocenters. The summed E-state index contributed by atoms with van der Waals surface area (Å²) in [6.45, 7) is 0. The number of benzene rings is 6. The van der Waals surface area contributed by atoms with E-state index in [1.165, 1.54) is 48.5 Å². The van der Waals surface area contributed by atoms with Gasteiger partial charge in [0.1, 0.15) is 28.7 Å². The highest BCUT2D eigenvalue weighted by molar-refractivity contribution is 9.10. The van der Waals surface area contributed by atoms with Crippen molar-refractivity contribution < 1.29 is 49.4 Å². The summed E-state index contributed by atoms with van der Waals surface area (Å²) in [7, 11) is 0. The van der Waals surface area contributed by atoms with Crippen LogP contribution in [0.4, 0.5) is 0 Å². The fourth-order valence-corrected chi connectivity index (χ4v) is 4.63. The number of hydrogen-bond acceptors (Lipinski definition) is 8. The number of aromatic carboxylic acids is 2. The Balaban J connectivity index is 0.000000191. The van der Waals surface area contributed by atoms with Gasteiger partial charge in [-0.15, -0.1) is 0 Å². The normalized spacial score (nSPS) is 9.98. The molecule has 6 rings (SSSR count). The van der Waals surface area contributed by atoms with Crippen molar-refractivity contribution in [1.29, 1.82) is 0 Å². The molecular formula is C40H29BrO10. The molecule has 5 N–H and O–H groups in total. The molecule has 0 aliphatic carbocycles. The molecule has 0 amide bonds. The van der Waals surface area contributed by atoms with Crippen LogP contribution in [-0.4, -0.2) is 49.0 Å². The number of ether oxygens (including phenoxy) is 1. The number of halogens is 1. The first-order valence-corrected chi connectivity index (χ1v) is 15.8. The van der Waals surface area contributed by atoms with Crippen molar-refractivity contribution in [1.82, 2.24) is 0 Å². The van der Waals surface area contributed by atoms with Crippen LogP contribution in [0.15, 0.2) is 150 Å². The summed E-state index contributed by atoms with van der Waals surface area (Å²) in [5, 5.41) is 46.1. The summed E-state index contributed by atoms with van der Waals surface area (Å²) in [5.74, 6) is -2.17. The molecule has 0 atom stereocenters. The predicted molar refractivity (Wildman–Crippen MR) is 192 cm³/mol.